The Morgan fingerprint density at radius 1 is 1.31 bits per heavy atom. The second kappa shape index (κ2) is 4.28. The van der Waals surface area contributed by atoms with Gasteiger partial charge in [-0.25, -0.2) is 10.2 Å². The summed E-state index contributed by atoms with van der Waals surface area (Å²) in [5.74, 6) is 6.27. The molecule has 2 aromatic rings. The third-order valence-electron chi connectivity index (χ3n) is 2.37. The number of halogens is 1. The Balaban J connectivity index is 2.20. The molecular weight excluding hydrogens is 209 g/mol. The van der Waals surface area contributed by atoms with E-state index in [0.717, 1.165) is 11.4 Å². The van der Waals surface area contributed by atoms with Gasteiger partial charge in [0.25, 0.3) is 0 Å². The standard InChI is InChI=1S/C10H12FN5/c1-16-9(14-15-10(16)13-12)6-7-2-4-8(11)5-3-7/h2-5H,6,12H2,1H3,(H,13,15). The summed E-state index contributed by atoms with van der Waals surface area (Å²) in [4.78, 5) is 0. The molecule has 3 N–H and O–H groups in total. The predicted octanol–water partition coefficient (Wildman–Crippen LogP) is 0.831. The van der Waals surface area contributed by atoms with E-state index < -0.39 is 0 Å². The summed E-state index contributed by atoms with van der Waals surface area (Å²) in [5.41, 5.74) is 3.41. The molecule has 0 saturated carbocycles. The van der Waals surface area contributed by atoms with Crippen molar-refractivity contribution in [3.63, 3.8) is 0 Å². The van der Waals surface area contributed by atoms with Gasteiger partial charge in [-0.2, -0.15) is 0 Å². The molecule has 0 aliphatic heterocycles. The number of hydrogen-bond donors (Lipinski definition) is 2. The quantitative estimate of drug-likeness (QED) is 0.595. The largest absolute Gasteiger partial charge is 0.299 e. The van der Waals surface area contributed by atoms with Crippen LogP contribution < -0.4 is 11.3 Å². The van der Waals surface area contributed by atoms with Crippen molar-refractivity contribution in [3.05, 3.63) is 41.5 Å². The van der Waals surface area contributed by atoms with Gasteiger partial charge in [0, 0.05) is 13.5 Å². The predicted molar refractivity (Wildman–Crippen MR) is 58.0 cm³/mol. The number of benzene rings is 1. The van der Waals surface area contributed by atoms with Crippen LogP contribution in [0.15, 0.2) is 24.3 Å². The average Bonchev–Trinajstić information content (AvgIpc) is 2.63. The van der Waals surface area contributed by atoms with Crippen LogP contribution in [0.2, 0.25) is 0 Å². The molecule has 0 fully saturated rings. The van der Waals surface area contributed by atoms with Crippen molar-refractivity contribution in [3.8, 4) is 0 Å². The third-order valence-corrected chi connectivity index (χ3v) is 2.37. The minimum absolute atomic E-state index is 0.244. The molecule has 1 heterocycles. The molecule has 0 bridgehead atoms. The van der Waals surface area contributed by atoms with E-state index in [1.54, 1.807) is 16.7 Å². The minimum Gasteiger partial charge on any atom is -0.299 e. The van der Waals surface area contributed by atoms with Gasteiger partial charge in [-0.15, -0.1) is 10.2 Å². The molecule has 6 heteroatoms. The molecule has 1 aromatic heterocycles. The summed E-state index contributed by atoms with van der Waals surface area (Å²) in [6.07, 6.45) is 0.589. The van der Waals surface area contributed by atoms with Gasteiger partial charge in [0.15, 0.2) is 0 Å². The number of nitrogens with one attached hydrogen (secondary N) is 1. The van der Waals surface area contributed by atoms with Crippen LogP contribution in [0.4, 0.5) is 10.3 Å². The van der Waals surface area contributed by atoms with Crippen molar-refractivity contribution >= 4 is 5.95 Å². The first kappa shape index (κ1) is 10.6. The first-order chi connectivity index (χ1) is 7.70. The Kier molecular flexibility index (Phi) is 2.82. The lowest BCUT2D eigenvalue weighted by atomic mass is 10.1. The van der Waals surface area contributed by atoms with E-state index in [4.69, 9.17) is 5.84 Å². The first-order valence-corrected chi connectivity index (χ1v) is 4.80. The highest BCUT2D eigenvalue weighted by atomic mass is 19.1. The maximum absolute atomic E-state index is 12.7. The normalized spacial score (nSPS) is 10.4. The lowest BCUT2D eigenvalue weighted by Gasteiger charge is -2.03. The summed E-state index contributed by atoms with van der Waals surface area (Å²) in [6.45, 7) is 0. The number of anilines is 1. The zero-order valence-corrected chi connectivity index (χ0v) is 8.81. The summed E-state index contributed by atoms with van der Waals surface area (Å²) in [5, 5.41) is 7.83. The van der Waals surface area contributed by atoms with Crippen molar-refractivity contribution in [2.45, 2.75) is 6.42 Å². The van der Waals surface area contributed by atoms with Crippen LogP contribution in [0.5, 0.6) is 0 Å². The summed E-state index contributed by atoms with van der Waals surface area (Å²) < 4.78 is 14.5. The zero-order chi connectivity index (χ0) is 11.5. The van der Waals surface area contributed by atoms with E-state index in [1.165, 1.54) is 12.1 Å². The lowest BCUT2D eigenvalue weighted by Crippen LogP contribution is -2.12. The smallest absolute Gasteiger partial charge is 0.238 e. The van der Waals surface area contributed by atoms with Gasteiger partial charge in [-0.1, -0.05) is 12.1 Å². The molecule has 0 unspecified atom stereocenters. The topological polar surface area (TPSA) is 68.8 Å². The molecule has 0 aliphatic rings. The van der Waals surface area contributed by atoms with Gasteiger partial charge in [-0.05, 0) is 17.7 Å². The summed E-state index contributed by atoms with van der Waals surface area (Å²) in [6, 6.07) is 6.29. The average molecular weight is 221 g/mol. The van der Waals surface area contributed by atoms with Gasteiger partial charge in [0.2, 0.25) is 5.95 Å². The Morgan fingerprint density at radius 3 is 2.56 bits per heavy atom. The van der Waals surface area contributed by atoms with Crippen LogP contribution in [-0.2, 0) is 13.5 Å². The molecule has 0 aliphatic carbocycles. The fourth-order valence-corrected chi connectivity index (χ4v) is 1.43. The van der Waals surface area contributed by atoms with Gasteiger partial charge in [-0.3, -0.25) is 9.99 Å². The molecule has 16 heavy (non-hydrogen) atoms. The van der Waals surface area contributed by atoms with Crippen LogP contribution in [0.1, 0.15) is 11.4 Å². The van der Waals surface area contributed by atoms with E-state index in [-0.39, 0.29) is 5.82 Å². The van der Waals surface area contributed by atoms with Gasteiger partial charge in [0.1, 0.15) is 11.6 Å². The zero-order valence-electron chi connectivity index (χ0n) is 8.81. The van der Waals surface area contributed by atoms with E-state index in [0.29, 0.717) is 12.4 Å². The molecule has 2 rings (SSSR count). The van der Waals surface area contributed by atoms with Crippen LogP contribution in [0, 0.1) is 5.82 Å². The summed E-state index contributed by atoms with van der Waals surface area (Å²) >= 11 is 0. The van der Waals surface area contributed by atoms with Gasteiger partial charge < -0.3 is 0 Å². The number of aromatic nitrogens is 3. The highest BCUT2D eigenvalue weighted by Gasteiger charge is 2.07. The molecule has 0 atom stereocenters. The van der Waals surface area contributed by atoms with Crippen LogP contribution in [-0.4, -0.2) is 14.8 Å². The Morgan fingerprint density at radius 2 is 2.00 bits per heavy atom. The maximum atomic E-state index is 12.7. The summed E-state index contributed by atoms with van der Waals surface area (Å²) in [7, 11) is 1.81. The van der Waals surface area contributed by atoms with Crippen LogP contribution >= 0.6 is 0 Å². The molecule has 0 radical (unpaired) electrons. The van der Waals surface area contributed by atoms with Gasteiger partial charge in [0.05, 0.1) is 0 Å². The second-order valence-corrected chi connectivity index (χ2v) is 3.45. The number of nitrogen functional groups attached to an aromatic ring is 1. The molecule has 84 valence electrons. The minimum atomic E-state index is -0.244. The molecule has 0 saturated heterocycles. The second-order valence-electron chi connectivity index (χ2n) is 3.45. The Bertz CT molecular complexity index is 476. The van der Waals surface area contributed by atoms with Crippen LogP contribution in [0.25, 0.3) is 0 Å². The number of hydrazine groups is 1. The van der Waals surface area contributed by atoms with Crippen molar-refractivity contribution in [1.29, 1.82) is 0 Å². The number of rotatable bonds is 3. The van der Waals surface area contributed by atoms with Crippen molar-refractivity contribution in [1.82, 2.24) is 14.8 Å². The monoisotopic (exact) mass is 221 g/mol. The third kappa shape index (κ3) is 2.01. The van der Waals surface area contributed by atoms with E-state index in [9.17, 15) is 4.39 Å². The highest BCUT2D eigenvalue weighted by molar-refractivity contribution is 5.26. The molecule has 0 amide bonds. The maximum Gasteiger partial charge on any atom is 0.238 e. The highest BCUT2D eigenvalue weighted by Crippen LogP contribution is 2.10. The van der Waals surface area contributed by atoms with E-state index >= 15 is 0 Å². The number of nitrogens with zero attached hydrogens (tertiary/aromatic N) is 3. The Labute approximate surface area is 92.1 Å². The number of nitrogens with two attached hydrogens (primary N) is 1. The lowest BCUT2D eigenvalue weighted by molar-refractivity contribution is 0.627. The van der Waals surface area contributed by atoms with E-state index in [2.05, 4.69) is 15.6 Å². The van der Waals surface area contributed by atoms with Crippen molar-refractivity contribution < 1.29 is 4.39 Å². The van der Waals surface area contributed by atoms with E-state index in [1.807, 2.05) is 7.05 Å². The first-order valence-electron chi connectivity index (χ1n) is 4.80. The fourth-order valence-electron chi connectivity index (χ4n) is 1.43. The number of hydrogen-bond acceptors (Lipinski definition) is 4. The van der Waals surface area contributed by atoms with Crippen LogP contribution in [0.3, 0.4) is 0 Å². The Hall–Kier alpha value is -1.95. The van der Waals surface area contributed by atoms with Crippen molar-refractivity contribution in [2.75, 3.05) is 5.43 Å². The van der Waals surface area contributed by atoms with Gasteiger partial charge >= 0.3 is 0 Å². The molecule has 5 nitrogen and oxygen atoms in total. The van der Waals surface area contributed by atoms with Crippen molar-refractivity contribution in [2.24, 2.45) is 12.9 Å². The molecular formula is C10H12FN5. The molecule has 1 aromatic carbocycles. The fraction of sp³-hybridized carbons (Fsp3) is 0.200. The SMILES string of the molecule is Cn1c(Cc2ccc(F)cc2)nnc1NN. The molecule has 0 spiro atoms.